The molecule has 0 aromatic heterocycles. The third kappa shape index (κ3) is 3.65. The Hall–Kier alpha value is -0.240. The molecule has 0 spiro atoms. The number of carbonyl (C=O) groups excluding carboxylic acids is 1. The van der Waals surface area contributed by atoms with Crippen LogP contribution in [0.4, 0.5) is 0 Å². The maximum Gasteiger partial charge on any atom is 0.225 e. The van der Waals surface area contributed by atoms with Crippen LogP contribution in [-0.2, 0) is 4.79 Å². The van der Waals surface area contributed by atoms with Crippen LogP contribution in [0.3, 0.4) is 0 Å². The van der Waals surface area contributed by atoms with Gasteiger partial charge in [-0.25, -0.2) is 0 Å². The predicted octanol–water partition coefficient (Wildman–Crippen LogP) is 3.43. The van der Waals surface area contributed by atoms with Crippen LogP contribution in [0.15, 0.2) is 0 Å². The summed E-state index contributed by atoms with van der Waals surface area (Å²) in [6.07, 6.45) is 6.93. The quantitative estimate of drug-likeness (QED) is 0.657. The number of amides is 1. The summed E-state index contributed by atoms with van der Waals surface area (Å²) in [6.45, 7) is 4.90. The molecule has 1 rings (SSSR count). The number of hydrogen-bond acceptors (Lipinski definition) is 1. The zero-order valence-electron chi connectivity index (χ0n) is 10.5. The largest absolute Gasteiger partial charge is 0.338 e. The Labute approximate surface area is 104 Å². The van der Waals surface area contributed by atoms with E-state index in [2.05, 4.69) is 6.92 Å². The topological polar surface area (TPSA) is 20.3 Å². The molecule has 0 N–H and O–H groups in total. The molecule has 0 bridgehead atoms. The molecule has 0 aromatic rings. The number of alkyl halides is 1. The van der Waals surface area contributed by atoms with E-state index < -0.39 is 0 Å². The summed E-state index contributed by atoms with van der Waals surface area (Å²) in [4.78, 5) is 14.3. The molecule has 0 saturated heterocycles. The first-order valence-electron chi connectivity index (χ1n) is 6.57. The molecule has 1 unspecified atom stereocenters. The zero-order chi connectivity index (χ0) is 12.0. The van der Waals surface area contributed by atoms with Gasteiger partial charge in [-0.15, -0.1) is 11.6 Å². The van der Waals surface area contributed by atoms with Crippen LogP contribution in [-0.4, -0.2) is 29.3 Å². The Morgan fingerprint density at radius 1 is 1.44 bits per heavy atom. The van der Waals surface area contributed by atoms with Gasteiger partial charge < -0.3 is 4.90 Å². The molecule has 94 valence electrons. The van der Waals surface area contributed by atoms with Gasteiger partial charge in [-0.05, 0) is 19.3 Å². The Morgan fingerprint density at radius 3 is 2.56 bits per heavy atom. The van der Waals surface area contributed by atoms with Gasteiger partial charge in [0.2, 0.25) is 5.91 Å². The first kappa shape index (κ1) is 13.8. The summed E-state index contributed by atoms with van der Waals surface area (Å²) in [7, 11) is 0. The van der Waals surface area contributed by atoms with Crippen LogP contribution in [0.5, 0.6) is 0 Å². The van der Waals surface area contributed by atoms with Crippen molar-refractivity contribution < 1.29 is 4.79 Å². The summed E-state index contributed by atoms with van der Waals surface area (Å²) >= 11 is 5.81. The molecule has 1 fully saturated rings. The van der Waals surface area contributed by atoms with E-state index in [-0.39, 0.29) is 5.92 Å². The van der Waals surface area contributed by atoms with Gasteiger partial charge in [-0.3, -0.25) is 4.79 Å². The third-order valence-electron chi connectivity index (χ3n) is 3.52. The monoisotopic (exact) mass is 245 g/mol. The maximum atomic E-state index is 12.3. The molecule has 2 nitrogen and oxygen atoms in total. The van der Waals surface area contributed by atoms with Crippen LogP contribution < -0.4 is 0 Å². The highest BCUT2D eigenvalue weighted by molar-refractivity contribution is 6.18. The lowest BCUT2D eigenvalue weighted by atomic mass is 10.0. The highest BCUT2D eigenvalue weighted by atomic mass is 35.5. The number of rotatable bonds is 6. The van der Waals surface area contributed by atoms with Gasteiger partial charge in [0.25, 0.3) is 0 Å². The van der Waals surface area contributed by atoms with Gasteiger partial charge in [0, 0.05) is 24.4 Å². The van der Waals surface area contributed by atoms with E-state index in [9.17, 15) is 4.79 Å². The van der Waals surface area contributed by atoms with Gasteiger partial charge in [0.15, 0.2) is 0 Å². The minimum atomic E-state index is 0.161. The molecule has 0 radical (unpaired) electrons. The van der Waals surface area contributed by atoms with Crippen molar-refractivity contribution in [3.63, 3.8) is 0 Å². The van der Waals surface area contributed by atoms with E-state index in [0.29, 0.717) is 17.8 Å². The zero-order valence-corrected chi connectivity index (χ0v) is 11.3. The summed E-state index contributed by atoms with van der Waals surface area (Å²) in [6, 6.07) is 0.463. The number of carbonyl (C=O) groups is 1. The van der Waals surface area contributed by atoms with Crippen molar-refractivity contribution in [2.75, 3.05) is 12.4 Å². The molecule has 0 aromatic carbocycles. The fourth-order valence-corrected chi connectivity index (χ4v) is 2.80. The highest BCUT2D eigenvalue weighted by Crippen LogP contribution is 2.25. The lowest BCUT2D eigenvalue weighted by molar-refractivity contribution is -0.137. The van der Waals surface area contributed by atoms with E-state index in [1.165, 1.54) is 25.7 Å². The van der Waals surface area contributed by atoms with Crippen LogP contribution in [0.25, 0.3) is 0 Å². The van der Waals surface area contributed by atoms with Gasteiger partial charge in [0.05, 0.1) is 0 Å². The van der Waals surface area contributed by atoms with Crippen LogP contribution in [0.2, 0.25) is 0 Å². The van der Waals surface area contributed by atoms with E-state index in [1.807, 2.05) is 11.8 Å². The van der Waals surface area contributed by atoms with Crippen molar-refractivity contribution in [1.29, 1.82) is 0 Å². The average molecular weight is 246 g/mol. The fraction of sp³-hybridized carbons (Fsp3) is 0.923. The van der Waals surface area contributed by atoms with Crippen LogP contribution in [0, 0.1) is 5.92 Å². The molecule has 1 amide bonds. The number of hydrogen-bond donors (Lipinski definition) is 0. The Morgan fingerprint density at radius 2 is 2.06 bits per heavy atom. The van der Waals surface area contributed by atoms with Crippen LogP contribution >= 0.6 is 11.6 Å². The first-order valence-corrected chi connectivity index (χ1v) is 7.10. The Bertz CT molecular complexity index is 214. The molecule has 1 aliphatic carbocycles. The molecule has 3 heteroatoms. The van der Waals surface area contributed by atoms with Crippen molar-refractivity contribution in [3.05, 3.63) is 0 Å². The summed E-state index contributed by atoms with van der Waals surface area (Å²) in [5.74, 6) is 1.03. The lowest BCUT2D eigenvalue weighted by Gasteiger charge is -2.30. The normalized spacial score (nSPS) is 18.7. The molecule has 1 aliphatic rings. The van der Waals surface area contributed by atoms with Gasteiger partial charge >= 0.3 is 0 Å². The molecule has 0 heterocycles. The van der Waals surface area contributed by atoms with Gasteiger partial charge in [0.1, 0.15) is 0 Å². The minimum absolute atomic E-state index is 0.161. The Balaban J connectivity index is 2.56. The molecule has 0 aliphatic heterocycles. The maximum absolute atomic E-state index is 12.3. The smallest absolute Gasteiger partial charge is 0.225 e. The highest BCUT2D eigenvalue weighted by Gasteiger charge is 2.28. The summed E-state index contributed by atoms with van der Waals surface area (Å²) in [5.41, 5.74) is 0. The second-order valence-electron chi connectivity index (χ2n) is 4.85. The fourth-order valence-electron chi connectivity index (χ4n) is 2.62. The standard InChI is InChI=1S/C13H24ClNO/c1-3-6-11(2)13(16)15(10-9-14)12-7-4-5-8-12/h11-12H,3-10H2,1-2H3. The lowest BCUT2D eigenvalue weighted by Crippen LogP contribution is -2.42. The molecule has 1 atom stereocenters. The van der Waals surface area contributed by atoms with E-state index in [1.54, 1.807) is 0 Å². The molecular weight excluding hydrogens is 222 g/mol. The Kier molecular flexibility index (Phi) is 6.18. The van der Waals surface area contributed by atoms with Gasteiger partial charge in [-0.2, -0.15) is 0 Å². The second kappa shape index (κ2) is 7.16. The average Bonchev–Trinajstić information content (AvgIpc) is 2.78. The van der Waals surface area contributed by atoms with Crippen molar-refractivity contribution >= 4 is 17.5 Å². The number of halogens is 1. The van der Waals surface area contributed by atoms with E-state index in [0.717, 1.165) is 19.4 Å². The SMILES string of the molecule is CCCC(C)C(=O)N(CCCl)C1CCCC1. The number of nitrogens with zero attached hydrogens (tertiary/aromatic N) is 1. The van der Waals surface area contributed by atoms with Gasteiger partial charge in [-0.1, -0.05) is 33.1 Å². The van der Waals surface area contributed by atoms with Crippen molar-refractivity contribution in [2.45, 2.75) is 58.4 Å². The second-order valence-corrected chi connectivity index (χ2v) is 5.23. The molecule has 1 saturated carbocycles. The van der Waals surface area contributed by atoms with E-state index >= 15 is 0 Å². The summed E-state index contributed by atoms with van der Waals surface area (Å²) < 4.78 is 0. The first-order chi connectivity index (χ1) is 7.70. The van der Waals surface area contributed by atoms with Crippen molar-refractivity contribution in [1.82, 2.24) is 4.90 Å². The third-order valence-corrected chi connectivity index (χ3v) is 3.69. The molecular formula is C13H24ClNO. The van der Waals surface area contributed by atoms with Crippen LogP contribution in [0.1, 0.15) is 52.4 Å². The predicted molar refractivity (Wildman–Crippen MR) is 68.8 cm³/mol. The molecule has 16 heavy (non-hydrogen) atoms. The minimum Gasteiger partial charge on any atom is -0.338 e. The summed E-state index contributed by atoms with van der Waals surface area (Å²) in [5, 5.41) is 0. The van der Waals surface area contributed by atoms with Crippen molar-refractivity contribution in [2.24, 2.45) is 5.92 Å². The van der Waals surface area contributed by atoms with E-state index in [4.69, 9.17) is 11.6 Å². The van der Waals surface area contributed by atoms with Crippen molar-refractivity contribution in [3.8, 4) is 0 Å².